The first kappa shape index (κ1) is 19.0. The Hall–Kier alpha value is -2.31. The van der Waals surface area contributed by atoms with Crippen LogP contribution in [-0.2, 0) is 23.3 Å². The normalized spacial score (nSPS) is 21.3. The molecule has 6 heteroatoms. The molecule has 1 heterocycles. The largest absolute Gasteiger partial charge is 0.326 e. The Balaban J connectivity index is 1.50. The highest BCUT2D eigenvalue weighted by Gasteiger charge is 2.53. The van der Waals surface area contributed by atoms with Gasteiger partial charge in [-0.15, -0.1) is 11.8 Å². The minimum Gasteiger partial charge on any atom is -0.319 e. The van der Waals surface area contributed by atoms with Crippen molar-refractivity contribution < 1.29 is 9.59 Å². The van der Waals surface area contributed by atoms with Crippen LogP contribution in [0.5, 0.6) is 0 Å². The van der Waals surface area contributed by atoms with Gasteiger partial charge in [0, 0.05) is 11.4 Å². The van der Waals surface area contributed by atoms with Crippen molar-refractivity contribution in [2.75, 3.05) is 20.0 Å². The first-order valence-electron chi connectivity index (χ1n) is 9.57. The van der Waals surface area contributed by atoms with Crippen LogP contribution in [0.2, 0.25) is 0 Å². The number of rotatable bonds is 5. The van der Waals surface area contributed by atoms with E-state index in [1.54, 1.807) is 11.8 Å². The maximum absolute atomic E-state index is 13.3. The van der Waals surface area contributed by atoms with Crippen molar-refractivity contribution in [3.63, 3.8) is 0 Å². The van der Waals surface area contributed by atoms with Crippen LogP contribution in [0.1, 0.15) is 29.5 Å². The predicted molar refractivity (Wildman–Crippen MR) is 111 cm³/mol. The highest BCUT2D eigenvalue weighted by molar-refractivity contribution is 7.98. The quantitative estimate of drug-likeness (QED) is 0.621. The van der Waals surface area contributed by atoms with Gasteiger partial charge in [0.25, 0.3) is 5.91 Å². The summed E-state index contributed by atoms with van der Waals surface area (Å²) in [4.78, 5) is 30.6. The van der Waals surface area contributed by atoms with E-state index in [2.05, 4.69) is 41.9 Å². The Kier molecular flexibility index (Phi) is 5.17. The van der Waals surface area contributed by atoms with Crippen LogP contribution in [0.15, 0.2) is 53.4 Å². The number of benzene rings is 2. The highest BCUT2D eigenvalue weighted by atomic mass is 32.2. The van der Waals surface area contributed by atoms with Crippen molar-refractivity contribution >= 4 is 23.7 Å². The fourth-order valence-electron chi connectivity index (χ4n) is 4.27. The Morgan fingerprint density at radius 1 is 1.14 bits per heavy atom. The Labute approximate surface area is 170 Å². The summed E-state index contributed by atoms with van der Waals surface area (Å²) >= 11 is 1.71. The third kappa shape index (κ3) is 3.31. The molecule has 1 spiro atoms. The van der Waals surface area contributed by atoms with E-state index >= 15 is 0 Å². The predicted octanol–water partition coefficient (Wildman–Crippen LogP) is 3.58. The fraction of sp³-hybridized carbons (Fsp3) is 0.364. The van der Waals surface area contributed by atoms with Gasteiger partial charge in [-0.3, -0.25) is 9.69 Å². The molecule has 1 fully saturated rings. The minimum absolute atomic E-state index is 0.130. The lowest BCUT2D eigenvalue weighted by atomic mass is 9.76. The second-order valence-corrected chi connectivity index (χ2v) is 8.46. The number of carbonyl (C=O) groups is 2. The summed E-state index contributed by atoms with van der Waals surface area (Å²) in [5.41, 5.74) is 2.38. The lowest BCUT2D eigenvalue weighted by Gasteiger charge is -2.33. The first-order chi connectivity index (χ1) is 13.5. The van der Waals surface area contributed by atoms with E-state index in [4.69, 9.17) is 0 Å². The topological polar surface area (TPSA) is 52.6 Å². The van der Waals surface area contributed by atoms with Gasteiger partial charge in [0.2, 0.25) is 0 Å². The molecule has 2 aromatic rings. The number of nitrogens with zero attached hydrogens (tertiary/aromatic N) is 2. The lowest BCUT2D eigenvalue weighted by molar-refractivity contribution is -0.133. The number of nitrogens with one attached hydrogen (secondary N) is 1. The molecule has 0 bridgehead atoms. The molecule has 1 aliphatic heterocycles. The molecule has 2 aromatic carbocycles. The maximum Gasteiger partial charge on any atom is 0.326 e. The van der Waals surface area contributed by atoms with Crippen molar-refractivity contribution in [1.82, 2.24) is 15.1 Å². The molecule has 1 saturated heterocycles. The third-order valence-electron chi connectivity index (χ3n) is 5.65. The van der Waals surface area contributed by atoms with Gasteiger partial charge in [0.1, 0.15) is 5.54 Å². The van der Waals surface area contributed by atoms with Gasteiger partial charge in [-0.25, -0.2) is 9.69 Å². The number of aryl methyl sites for hydroxylation is 1. The van der Waals surface area contributed by atoms with Gasteiger partial charge in [-0.2, -0.15) is 0 Å². The average molecular weight is 396 g/mol. The van der Waals surface area contributed by atoms with Crippen LogP contribution in [-0.4, -0.2) is 41.7 Å². The summed E-state index contributed by atoms with van der Waals surface area (Å²) in [7, 11) is 1.93. The van der Waals surface area contributed by atoms with Crippen molar-refractivity contribution in [3.8, 4) is 0 Å². The number of hydrogen-bond donors (Lipinski definition) is 1. The molecule has 0 saturated carbocycles. The zero-order valence-corrected chi connectivity index (χ0v) is 17.1. The second-order valence-electron chi connectivity index (χ2n) is 7.58. The van der Waals surface area contributed by atoms with E-state index in [0.29, 0.717) is 13.0 Å². The molecular formula is C22H25N3O2S. The summed E-state index contributed by atoms with van der Waals surface area (Å²) in [6, 6.07) is 16.0. The number of carbonyl (C=O) groups excluding carboxylic acids is 2. The zero-order valence-electron chi connectivity index (χ0n) is 16.3. The van der Waals surface area contributed by atoms with Gasteiger partial charge in [0.05, 0.1) is 6.67 Å². The SMILES string of the molecule is CSc1ccc(CN(C)CN2C(=O)N[C@@]3(CCCc4ccccc43)C2=O)cc1. The van der Waals surface area contributed by atoms with Crippen LogP contribution in [0.4, 0.5) is 4.79 Å². The number of hydrogen-bond acceptors (Lipinski definition) is 4. The van der Waals surface area contributed by atoms with Gasteiger partial charge >= 0.3 is 6.03 Å². The molecule has 5 nitrogen and oxygen atoms in total. The Bertz CT molecular complexity index is 899. The summed E-state index contributed by atoms with van der Waals surface area (Å²) in [6.45, 7) is 0.953. The molecule has 1 aliphatic carbocycles. The van der Waals surface area contributed by atoms with E-state index in [0.717, 1.165) is 29.5 Å². The van der Waals surface area contributed by atoms with E-state index < -0.39 is 5.54 Å². The van der Waals surface area contributed by atoms with Crippen molar-refractivity contribution in [3.05, 3.63) is 65.2 Å². The third-order valence-corrected chi connectivity index (χ3v) is 6.39. The number of imide groups is 1. The summed E-state index contributed by atoms with van der Waals surface area (Å²) in [5, 5.41) is 3.02. The molecule has 2 aliphatic rings. The minimum atomic E-state index is -0.896. The van der Waals surface area contributed by atoms with Crippen LogP contribution in [0.3, 0.4) is 0 Å². The van der Waals surface area contributed by atoms with E-state index in [1.165, 1.54) is 9.80 Å². The van der Waals surface area contributed by atoms with Crippen molar-refractivity contribution in [1.29, 1.82) is 0 Å². The standard InChI is InChI=1S/C22H25N3O2S/c1-24(14-16-9-11-18(28-2)12-10-16)15-25-20(26)22(23-21(25)27)13-5-7-17-6-3-4-8-19(17)22/h3-4,6,8-12H,5,7,13-15H2,1-2H3,(H,23,27)/t22-/m1/s1. The first-order valence-corrected chi connectivity index (χ1v) is 10.8. The molecule has 28 heavy (non-hydrogen) atoms. The van der Waals surface area contributed by atoms with E-state index in [-0.39, 0.29) is 18.6 Å². The van der Waals surface area contributed by atoms with Crippen LogP contribution >= 0.6 is 11.8 Å². The van der Waals surface area contributed by atoms with Gasteiger partial charge in [0.15, 0.2) is 0 Å². The number of thioether (sulfide) groups is 1. The van der Waals surface area contributed by atoms with Crippen LogP contribution < -0.4 is 5.32 Å². The highest BCUT2D eigenvalue weighted by Crippen LogP contribution is 2.39. The van der Waals surface area contributed by atoms with Crippen LogP contribution in [0, 0.1) is 0 Å². The molecule has 0 aromatic heterocycles. The molecule has 1 atom stereocenters. The Morgan fingerprint density at radius 3 is 2.64 bits per heavy atom. The molecule has 4 rings (SSSR count). The zero-order chi connectivity index (χ0) is 19.7. The monoisotopic (exact) mass is 395 g/mol. The molecule has 3 amide bonds. The van der Waals surface area contributed by atoms with Crippen molar-refractivity contribution in [2.24, 2.45) is 0 Å². The number of amides is 3. The number of urea groups is 1. The lowest BCUT2D eigenvalue weighted by Crippen LogP contribution is -2.47. The summed E-state index contributed by atoms with van der Waals surface area (Å²) in [6.07, 6.45) is 4.56. The average Bonchev–Trinajstić information content (AvgIpc) is 2.94. The van der Waals surface area contributed by atoms with E-state index in [1.807, 2.05) is 30.1 Å². The van der Waals surface area contributed by atoms with Gasteiger partial charge in [-0.1, -0.05) is 36.4 Å². The van der Waals surface area contributed by atoms with Crippen molar-refractivity contribution in [2.45, 2.75) is 36.2 Å². The molecule has 1 N–H and O–H groups in total. The summed E-state index contributed by atoms with van der Waals surface area (Å²) in [5.74, 6) is -0.130. The Morgan fingerprint density at radius 2 is 1.89 bits per heavy atom. The van der Waals surface area contributed by atoms with Gasteiger partial charge in [-0.05, 0) is 61.4 Å². The smallest absolute Gasteiger partial charge is 0.319 e. The second kappa shape index (κ2) is 7.60. The molecule has 146 valence electrons. The number of fused-ring (bicyclic) bond motifs is 2. The van der Waals surface area contributed by atoms with Crippen LogP contribution in [0.25, 0.3) is 0 Å². The summed E-state index contributed by atoms with van der Waals surface area (Å²) < 4.78 is 0. The maximum atomic E-state index is 13.3. The molecule has 0 unspecified atom stereocenters. The molecular weight excluding hydrogens is 370 g/mol. The molecule has 0 radical (unpaired) electrons. The fourth-order valence-corrected chi connectivity index (χ4v) is 4.68. The van der Waals surface area contributed by atoms with Gasteiger partial charge < -0.3 is 5.32 Å². The van der Waals surface area contributed by atoms with E-state index in [9.17, 15) is 9.59 Å².